The summed E-state index contributed by atoms with van der Waals surface area (Å²) in [7, 11) is 0. The molecule has 1 atom stereocenters. The Hall–Kier alpha value is -1.06. The second-order valence-corrected chi connectivity index (χ2v) is 7.23. The van der Waals surface area contributed by atoms with E-state index in [1.165, 1.54) is 16.8 Å². The maximum atomic E-state index is 10.3. The Kier molecular flexibility index (Phi) is 3.06. The quantitative estimate of drug-likeness (QED) is 0.883. The zero-order valence-electron chi connectivity index (χ0n) is 11.8. The maximum Gasteiger partial charge on any atom is 0.0812 e. The summed E-state index contributed by atoms with van der Waals surface area (Å²) in [5, 5.41) is 14.7. The van der Waals surface area contributed by atoms with Crippen molar-refractivity contribution in [1.29, 1.82) is 0 Å². The Morgan fingerprint density at radius 3 is 2.89 bits per heavy atom. The van der Waals surface area contributed by atoms with Gasteiger partial charge in [-0.15, -0.1) is 0 Å². The summed E-state index contributed by atoms with van der Waals surface area (Å²) in [4.78, 5) is 0. The monoisotopic (exact) mass is 275 g/mol. The van der Waals surface area contributed by atoms with Crippen molar-refractivity contribution in [2.45, 2.75) is 46.3 Å². The highest BCUT2D eigenvalue weighted by Gasteiger charge is 2.33. The lowest BCUT2D eigenvalue weighted by molar-refractivity contribution is 0.0981. The van der Waals surface area contributed by atoms with E-state index in [-0.39, 0.29) is 11.5 Å². The number of nitrogens with zero attached hydrogens (tertiary/aromatic N) is 1. The van der Waals surface area contributed by atoms with Crippen molar-refractivity contribution in [2.75, 3.05) is 0 Å². The molecule has 0 radical (unpaired) electrons. The molecule has 1 unspecified atom stereocenters. The molecule has 0 amide bonds. The molecular formula is C16H21NOS. The molecule has 0 spiro atoms. The van der Waals surface area contributed by atoms with E-state index in [9.17, 15) is 5.11 Å². The van der Waals surface area contributed by atoms with Crippen LogP contribution in [0.25, 0.3) is 0 Å². The van der Waals surface area contributed by atoms with Crippen molar-refractivity contribution < 1.29 is 5.11 Å². The fourth-order valence-electron chi connectivity index (χ4n) is 3.07. The van der Waals surface area contributed by atoms with Crippen molar-refractivity contribution in [3.8, 4) is 0 Å². The van der Waals surface area contributed by atoms with Gasteiger partial charge in [0.15, 0.2) is 0 Å². The first-order chi connectivity index (χ1) is 8.96. The number of aliphatic hydroxyl groups excluding tert-OH is 1. The Labute approximate surface area is 118 Å². The van der Waals surface area contributed by atoms with Gasteiger partial charge in [0.1, 0.15) is 0 Å². The van der Waals surface area contributed by atoms with Gasteiger partial charge in [-0.05, 0) is 53.1 Å². The van der Waals surface area contributed by atoms with Gasteiger partial charge in [-0.2, -0.15) is 11.3 Å². The molecule has 0 saturated carbocycles. The van der Waals surface area contributed by atoms with E-state index in [4.69, 9.17) is 0 Å². The smallest absolute Gasteiger partial charge is 0.0812 e. The van der Waals surface area contributed by atoms with E-state index in [1.807, 2.05) is 0 Å². The number of aliphatic hydroxyl groups is 1. The summed E-state index contributed by atoms with van der Waals surface area (Å²) in [6.07, 6.45) is 3.74. The van der Waals surface area contributed by atoms with Gasteiger partial charge in [0.05, 0.1) is 6.10 Å². The molecule has 1 N–H and O–H groups in total. The van der Waals surface area contributed by atoms with Gasteiger partial charge in [-0.3, -0.25) is 0 Å². The van der Waals surface area contributed by atoms with Crippen LogP contribution >= 0.6 is 11.3 Å². The van der Waals surface area contributed by atoms with Crippen LogP contribution in [-0.4, -0.2) is 9.67 Å². The normalized spacial score (nSPS) is 21.4. The summed E-state index contributed by atoms with van der Waals surface area (Å²) >= 11 is 1.76. The number of thiophene rings is 1. The minimum Gasteiger partial charge on any atom is -0.388 e. The van der Waals surface area contributed by atoms with Crippen molar-refractivity contribution in [3.05, 3.63) is 45.4 Å². The number of fused-ring (bicyclic) bond motifs is 1. The van der Waals surface area contributed by atoms with Gasteiger partial charge in [-0.25, -0.2) is 0 Å². The van der Waals surface area contributed by atoms with Crippen molar-refractivity contribution in [1.82, 2.24) is 4.57 Å². The Morgan fingerprint density at radius 1 is 1.42 bits per heavy atom. The Bertz CT molecular complexity index is 594. The highest BCUT2D eigenvalue weighted by atomic mass is 32.1. The predicted molar refractivity (Wildman–Crippen MR) is 79.7 cm³/mol. The molecule has 1 aliphatic carbocycles. The molecule has 2 nitrogen and oxygen atoms in total. The Morgan fingerprint density at radius 2 is 2.21 bits per heavy atom. The number of hydrogen-bond acceptors (Lipinski definition) is 2. The van der Waals surface area contributed by atoms with Crippen LogP contribution in [0.5, 0.6) is 0 Å². The third-order valence-electron chi connectivity index (χ3n) is 4.17. The van der Waals surface area contributed by atoms with E-state index < -0.39 is 0 Å². The lowest BCUT2D eigenvalue weighted by atomic mass is 9.75. The van der Waals surface area contributed by atoms with E-state index in [0.717, 1.165) is 24.9 Å². The van der Waals surface area contributed by atoms with E-state index in [1.54, 1.807) is 11.3 Å². The van der Waals surface area contributed by atoms with Crippen LogP contribution in [0.3, 0.4) is 0 Å². The maximum absolute atomic E-state index is 10.3. The summed E-state index contributed by atoms with van der Waals surface area (Å²) in [5.41, 5.74) is 5.39. The topological polar surface area (TPSA) is 25.2 Å². The van der Waals surface area contributed by atoms with Crippen LogP contribution in [-0.2, 0) is 13.0 Å². The summed E-state index contributed by atoms with van der Waals surface area (Å²) < 4.78 is 2.31. The molecule has 2 heterocycles. The summed E-state index contributed by atoms with van der Waals surface area (Å²) in [6, 6.07) is 2.09. The Balaban J connectivity index is 1.95. The first-order valence-electron chi connectivity index (χ1n) is 6.84. The molecule has 0 bridgehead atoms. The first kappa shape index (κ1) is 12.9. The molecule has 2 aromatic rings. The van der Waals surface area contributed by atoms with Crippen LogP contribution in [0.1, 0.15) is 48.8 Å². The third kappa shape index (κ3) is 2.37. The van der Waals surface area contributed by atoms with E-state index in [0.29, 0.717) is 0 Å². The fourth-order valence-corrected chi connectivity index (χ4v) is 3.92. The first-order valence-corrected chi connectivity index (χ1v) is 7.78. The largest absolute Gasteiger partial charge is 0.388 e. The van der Waals surface area contributed by atoms with Crippen molar-refractivity contribution >= 4 is 11.3 Å². The molecule has 1 aliphatic rings. The van der Waals surface area contributed by atoms with Crippen LogP contribution in [0.4, 0.5) is 0 Å². The second-order valence-electron chi connectivity index (χ2n) is 6.49. The van der Waals surface area contributed by atoms with Crippen LogP contribution in [0.2, 0.25) is 0 Å². The number of hydrogen-bond donors (Lipinski definition) is 1. The molecule has 0 aromatic carbocycles. The van der Waals surface area contributed by atoms with Gasteiger partial charge in [-0.1, -0.05) is 13.8 Å². The molecule has 19 heavy (non-hydrogen) atoms. The molecule has 0 saturated heterocycles. The lowest BCUT2D eigenvalue weighted by Gasteiger charge is -2.34. The standard InChI is InChI=1S/C16H21NOS/c1-11-9-19-10-12(11)8-17-5-4-13-14(17)6-16(2,3)7-15(13)18/h4-5,9-10,15,18H,6-8H2,1-3H3. The van der Waals surface area contributed by atoms with Gasteiger partial charge >= 0.3 is 0 Å². The molecule has 102 valence electrons. The van der Waals surface area contributed by atoms with Gasteiger partial charge in [0.2, 0.25) is 0 Å². The van der Waals surface area contributed by atoms with Crippen molar-refractivity contribution in [3.63, 3.8) is 0 Å². The molecule has 3 heteroatoms. The molecule has 2 aromatic heterocycles. The van der Waals surface area contributed by atoms with Gasteiger partial charge < -0.3 is 9.67 Å². The summed E-state index contributed by atoms with van der Waals surface area (Å²) in [6.45, 7) is 7.58. The zero-order chi connectivity index (χ0) is 13.6. The molecular weight excluding hydrogens is 254 g/mol. The summed E-state index contributed by atoms with van der Waals surface area (Å²) in [5.74, 6) is 0. The SMILES string of the molecule is Cc1cscc1Cn1ccc2c1CC(C)(C)CC2O. The average Bonchev–Trinajstić information content (AvgIpc) is 2.87. The number of rotatable bonds is 2. The zero-order valence-corrected chi connectivity index (χ0v) is 12.6. The van der Waals surface area contributed by atoms with Crippen LogP contribution in [0.15, 0.2) is 23.0 Å². The van der Waals surface area contributed by atoms with Crippen molar-refractivity contribution in [2.24, 2.45) is 5.41 Å². The number of aromatic nitrogens is 1. The van der Waals surface area contributed by atoms with E-state index >= 15 is 0 Å². The minimum absolute atomic E-state index is 0.187. The van der Waals surface area contributed by atoms with Crippen LogP contribution < -0.4 is 0 Å². The third-order valence-corrected chi connectivity index (χ3v) is 5.08. The molecule has 3 rings (SSSR count). The highest BCUT2D eigenvalue weighted by molar-refractivity contribution is 7.08. The van der Waals surface area contributed by atoms with Crippen LogP contribution in [0, 0.1) is 12.3 Å². The molecule has 0 fully saturated rings. The van der Waals surface area contributed by atoms with Gasteiger partial charge in [0.25, 0.3) is 0 Å². The van der Waals surface area contributed by atoms with Gasteiger partial charge in [0, 0.05) is 24.0 Å². The highest BCUT2D eigenvalue weighted by Crippen LogP contribution is 2.41. The second kappa shape index (κ2) is 4.50. The number of aryl methyl sites for hydroxylation is 1. The molecule has 0 aliphatic heterocycles. The van der Waals surface area contributed by atoms with E-state index in [2.05, 4.69) is 48.4 Å². The fraction of sp³-hybridized carbons (Fsp3) is 0.500. The predicted octanol–water partition coefficient (Wildman–Crippen LogP) is 3.91. The minimum atomic E-state index is -0.302. The average molecular weight is 275 g/mol. The lowest BCUT2D eigenvalue weighted by Crippen LogP contribution is -2.26.